The van der Waals surface area contributed by atoms with Gasteiger partial charge in [-0.25, -0.2) is 4.98 Å². The third-order valence-corrected chi connectivity index (χ3v) is 6.04. The second kappa shape index (κ2) is 6.27. The van der Waals surface area contributed by atoms with Crippen molar-refractivity contribution in [2.24, 2.45) is 0 Å². The van der Waals surface area contributed by atoms with Crippen molar-refractivity contribution in [2.45, 2.75) is 38.0 Å². The van der Waals surface area contributed by atoms with Gasteiger partial charge in [-0.2, -0.15) is 9.50 Å². The first-order valence-corrected chi connectivity index (χ1v) is 10.1. The molecule has 4 heterocycles. The Kier molecular flexibility index (Phi) is 3.56. The van der Waals surface area contributed by atoms with Crippen molar-refractivity contribution in [2.75, 3.05) is 0 Å². The van der Waals surface area contributed by atoms with Gasteiger partial charge >= 0.3 is 0 Å². The molecule has 1 saturated carbocycles. The van der Waals surface area contributed by atoms with Crippen LogP contribution < -0.4 is 5.56 Å². The highest BCUT2D eigenvalue weighted by Crippen LogP contribution is 2.31. The van der Waals surface area contributed by atoms with E-state index in [1.165, 1.54) is 19.3 Å². The zero-order valence-corrected chi connectivity index (χ0v) is 15.9. The van der Waals surface area contributed by atoms with E-state index in [4.69, 9.17) is 5.10 Å². The largest absolute Gasteiger partial charge is 0.361 e. The summed E-state index contributed by atoms with van der Waals surface area (Å²) in [6.07, 6.45) is 11.3. The molecule has 0 saturated heterocycles. The molecule has 0 unspecified atom stereocenters. The number of rotatable bonds is 2. The van der Waals surface area contributed by atoms with Crippen LogP contribution in [0.25, 0.3) is 33.3 Å². The molecule has 1 fully saturated rings. The number of benzene rings is 1. The number of hydrogen-bond donors (Lipinski definition) is 1. The summed E-state index contributed by atoms with van der Waals surface area (Å²) in [6.45, 7) is 0. The van der Waals surface area contributed by atoms with Gasteiger partial charge in [-0.1, -0.05) is 25.3 Å². The molecule has 0 atom stereocenters. The molecule has 5 aromatic rings. The van der Waals surface area contributed by atoms with Gasteiger partial charge in [-0.05, 0) is 42.5 Å². The maximum atomic E-state index is 13.2. The quantitative estimate of drug-likeness (QED) is 0.500. The summed E-state index contributed by atoms with van der Waals surface area (Å²) >= 11 is 0. The minimum Gasteiger partial charge on any atom is -0.361 e. The fourth-order valence-corrected chi connectivity index (χ4v) is 4.46. The number of fused-ring (bicyclic) bond motifs is 4. The first-order valence-electron chi connectivity index (χ1n) is 10.1. The van der Waals surface area contributed by atoms with Crippen LogP contribution in [-0.4, -0.2) is 29.1 Å². The lowest BCUT2D eigenvalue weighted by Crippen LogP contribution is -2.18. The molecule has 7 nitrogen and oxygen atoms in total. The SMILES string of the molecule is O=c1c2cnc3nc(C4CCCCC4)nn3c2ccn1-c1ccc2cc[nH]c2c1. The van der Waals surface area contributed by atoms with Gasteiger partial charge in [-0.15, -0.1) is 5.10 Å². The van der Waals surface area contributed by atoms with Crippen LogP contribution in [0.4, 0.5) is 0 Å². The van der Waals surface area contributed by atoms with Crippen molar-refractivity contribution in [3.8, 4) is 5.69 Å². The van der Waals surface area contributed by atoms with E-state index in [9.17, 15) is 4.79 Å². The number of aromatic nitrogens is 6. The maximum Gasteiger partial charge on any atom is 0.266 e. The minimum absolute atomic E-state index is 0.113. The van der Waals surface area contributed by atoms with E-state index >= 15 is 0 Å². The summed E-state index contributed by atoms with van der Waals surface area (Å²) in [7, 11) is 0. The number of H-pyrrole nitrogens is 1. The van der Waals surface area contributed by atoms with Crippen LogP contribution in [-0.2, 0) is 0 Å². The molecule has 6 rings (SSSR count). The van der Waals surface area contributed by atoms with Gasteiger partial charge in [0.2, 0.25) is 0 Å². The van der Waals surface area contributed by atoms with Crippen molar-refractivity contribution in [3.05, 3.63) is 65.1 Å². The highest BCUT2D eigenvalue weighted by molar-refractivity contribution is 5.82. The van der Waals surface area contributed by atoms with Crippen molar-refractivity contribution < 1.29 is 0 Å². The summed E-state index contributed by atoms with van der Waals surface area (Å²) in [5.41, 5.74) is 2.44. The lowest BCUT2D eigenvalue weighted by molar-refractivity contribution is 0.429. The molecule has 1 aromatic carbocycles. The third-order valence-electron chi connectivity index (χ3n) is 6.04. The average molecular weight is 384 g/mol. The number of nitrogens with one attached hydrogen (secondary N) is 1. The lowest BCUT2D eigenvalue weighted by Gasteiger charge is -2.17. The van der Waals surface area contributed by atoms with Crippen molar-refractivity contribution in [1.82, 2.24) is 29.1 Å². The molecule has 7 heteroatoms. The average Bonchev–Trinajstić information content (AvgIpc) is 3.41. The zero-order valence-electron chi connectivity index (χ0n) is 15.9. The predicted molar refractivity (Wildman–Crippen MR) is 112 cm³/mol. The summed E-state index contributed by atoms with van der Waals surface area (Å²) in [5.74, 6) is 1.81. The standard InChI is InChI=1S/C22H20N6O/c29-21-17-13-24-22-25-20(15-4-2-1-3-5-15)26-28(22)19(17)9-11-27(21)16-7-6-14-8-10-23-18(14)12-16/h6-13,15,23H,1-5H2. The highest BCUT2D eigenvalue weighted by Gasteiger charge is 2.21. The van der Waals surface area contributed by atoms with Crippen LogP contribution in [0.2, 0.25) is 0 Å². The predicted octanol–water partition coefficient (Wildman–Crippen LogP) is 3.96. The zero-order chi connectivity index (χ0) is 19.4. The Morgan fingerprint density at radius 3 is 2.86 bits per heavy atom. The van der Waals surface area contributed by atoms with Gasteiger partial charge in [0.15, 0.2) is 5.82 Å². The molecule has 1 N–H and O–H groups in total. The molecule has 0 aliphatic heterocycles. The lowest BCUT2D eigenvalue weighted by atomic mass is 9.89. The molecule has 1 aliphatic rings. The van der Waals surface area contributed by atoms with E-state index in [1.807, 2.05) is 36.5 Å². The molecular formula is C22H20N6O. The van der Waals surface area contributed by atoms with E-state index in [2.05, 4.69) is 15.0 Å². The van der Waals surface area contributed by atoms with E-state index in [0.29, 0.717) is 17.1 Å². The monoisotopic (exact) mass is 384 g/mol. The van der Waals surface area contributed by atoms with Gasteiger partial charge in [0.05, 0.1) is 16.6 Å². The number of pyridine rings is 1. The first-order chi connectivity index (χ1) is 14.3. The Bertz CT molecular complexity index is 1420. The van der Waals surface area contributed by atoms with Crippen LogP contribution >= 0.6 is 0 Å². The first kappa shape index (κ1) is 16.5. The van der Waals surface area contributed by atoms with Gasteiger partial charge in [0, 0.05) is 30.0 Å². The summed E-state index contributed by atoms with van der Waals surface area (Å²) in [6, 6.07) is 9.87. The summed E-state index contributed by atoms with van der Waals surface area (Å²) in [5, 5.41) is 6.38. The molecule has 4 aromatic heterocycles. The van der Waals surface area contributed by atoms with E-state index in [1.54, 1.807) is 21.5 Å². The Hall–Kier alpha value is -3.48. The highest BCUT2D eigenvalue weighted by atomic mass is 16.1. The summed E-state index contributed by atoms with van der Waals surface area (Å²) < 4.78 is 3.37. The molecule has 1 aliphatic carbocycles. The molecule has 0 bridgehead atoms. The van der Waals surface area contributed by atoms with E-state index in [-0.39, 0.29) is 5.56 Å². The van der Waals surface area contributed by atoms with Crippen molar-refractivity contribution in [1.29, 1.82) is 0 Å². The maximum absolute atomic E-state index is 13.2. The Labute approximate surface area is 166 Å². The number of aromatic amines is 1. The molecule has 0 spiro atoms. The topological polar surface area (TPSA) is 80.9 Å². The van der Waals surface area contributed by atoms with Gasteiger partial charge in [0.25, 0.3) is 11.3 Å². The van der Waals surface area contributed by atoms with Crippen LogP contribution in [0.3, 0.4) is 0 Å². The number of hydrogen-bond acceptors (Lipinski definition) is 4. The third kappa shape index (κ3) is 2.57. The van der Waals surface area contributed by atoms with Crippen LogP contribution in [0.1, 0.15) is 43.8 Å². The van der Waals surface area contributed by atoms with Crippen molar-refractivity contribution >= 4 is 27.6 Å². The van der Waals surface area contributed by atoms with Gasteiger partial charge in [0.1, 0.15) is 0 Å². The smallest absolute Gasteiger partial charge is 0.266 e. The second-order valence-electron chi connectivity index (χ2n) is 7.81. The molecule has 29 heavy (non-hydrogen) atoms. The van der Waals surface area contributed by atoms with Crippen molar-refractivity contribution in [3.63, 3.8) is 0 Å². The molecule has 0 radical (unpaired) electrons. The Morgan fingerprint density at radius 1 is 1.07 bits per heavy atom. The van der Waals surface area contributed by atoms with Gasteiger partial charge in [-0.3, -0.25) is 9.36 Å². The van der Waals surface area contributed by atoms with Crippen LogP contribution in [0, 0.1) is 0 Å². The second-order valence-corrected chi connectivity index (χ2v) is 7.81. The van der Waals surface area contributed by atoms with Crippen LogP contribution in [0.5, 0.6) is 0 Å². The Morgan fingerprint density at radius 2 is 1.97 bits per heavy atom. The van der Waals surface area contributed by atoms with Crippen LogP contribution in [0.15, 0.2) is 53.7 Å². The van der Waals surface area contributed by atoms with E-state index < -0.39 is 0 Å². The molecular weight excluding hydrogens is 364 g/mol. The fraction of sp³-hybridized carbons (Fsp3) is 0.273. The fourth-order valence-electron chi connectivity index (χ4n) is 4.46. The normalized spacial score (nSPS) is 15.6. The van der Waals surface area contributed by atoms with E-state index in [0.717, 1.165) is 40.8 Å². The molecule has 0 amide bonds. The summed E-state index contributed by atoms with van der Waals surface area (Å²) in [4.78, 5) is 25.5. The van der Waals surface area contributed by atoms with Gasteiger partial charge < -0.3 is 4.98 Å². The number of nitrogens with zero attached hydrogens (tertiary/aromatic N) is 5. The molecule has 144 valence electrons. The Balaban J connectivity index is 1.50. The minimum atomic E-state index is -0.113.